The summed E-state index contributed by atoms with van der Waals surface area (Å²) in [5.41, 5.74) is 0.571. The fraction of sp³-hybridized carbons (Fsp3) is 0.438. The largest absolute Gasteiger partial charge is 0.497 e. The van der Waals surface area contributed by atoms with E-state index in [0.717, 1.165) is 0 Å². The number of esters is 1. The fourth-order valence-electron chi connectivity index (χ4n) is 2.41. The number of urea groups is 1. The number of ether oxygens (including phenoxy) is 2. The van der Waals surface area contributed by atoms with Crippen LogP contribution < -0.4 is 15.4 Å². The molecule has 1 atom stereocenters. The van der Waals surface area contributed by atoms with Crippen LogP contribution in [-0.4, -0.2) is 55.7 Å². The minimum atomic E-state index is -0.879. The van der Waals surface area contributed by atoms with E-state index in [4.69, 9.17) is 9.47 Å². The lowest BCUT2D eigenvalue weighted by atomic mass is 10.1. The van der Waals surface area contributed by atoms with Gasteiger partial charge in [0.05, 0.1) is 20.1 Å². The molecular formula is C16H21N3O5. The van der Waals surface area contributed by atoms with Gasteiger partial charge in [-0.1, -0.05) is 0 Å². The highest BCUT2D eigenvalue weighted by molar-refractivity contribution is 5.96. The molecule has 1 aliphatic heterocycles. The highest BCUT2D eigenvalue weighted by Gasteiger charge is 2.35. The molecule has 8 nitrogen and oxygen atoms in total. The van der Waals surface area contributed by atoms with E-state index >= 15 is 0 Å². The first-order valence-electron chi connectivity index (χ1n) is 7.70. The van der Waals surface area contributed by atoms with E-state index in [1.165, 1.54) is 4.90 Å². The highest BCUT2D eigenvalue weighted by Crippen LogP contribution is 2.17. The van der Waals surface area contributed by atoms with Crippen LogP contribution in [0.4, 0.5) is 10.5 Å². The van der Waals surface area contributed by atoms with Gasteiger partial charge in [-0.2, -0.15) is 0 Å². The molecule has 2 N–H and O–H groups in total. The summed E-state index contributed by atoms with van der Waals surface area (Å²) in [6, 6.07) is 5.51. The monoisotopic (exact) mass is 335 g/mol. The number of hydrogen-bond acceptors (Lipinski definition) is 5. The zero-order chi connectivity index (χ0) is 17.5. The van der Waals surface area contributed by atoms with E-state index < -0.39 is 18.0 Å². The first-order chi connectivity index (χ1) is 11.5. The molecular weight excluding hydrogens is 314 g/mol. The van der Waals surface area contributed by atoms with Crippen molar-refractivity contribution in [3.8, 4) is 5.75 Å². The Labute approximate surface area is 140 Å². The second kappa shape index (κ2) is 8.19. The molecule has 0 unspecified atom stereocenters. The van der Waals surface area contributed by atoms with Crippen molar-refractivity contribution >= 4 is 23.6 Å². The van der Waals surface area contributed by atoms with Crippen molar-refractivity contribution in [2.24, 2.45) is 0 Å². The van der Waals surface area contributed by atoms with Gasteiger partial charge in [0.25, 0.3) is 0 Å². The lowest BCUT2D eigenvalue weighted by Gasteiger charge is -2.34. The van der Waals surface area contributed by atoms with Gasteiger partial charge in [0.1, 0.15) is 11.8 Å². The third kappa shape index (κ3) is 4.37. The third-order valence-electron chi connectivity index (χ3n) is 3.60. The van der Waals surface area contributed by atoms with Crippen molar-refractivity contribution in [2.45, 2.75) is 19.4 Å². The van der Waals surface area contributed by atoms with Gasteiger partial charge in [0, 0.05) is 18.8 Å². The standard InChI is InChI=1S/C16H21N3O5/c1-3-24-14(20)10-13-15(21)17-8-9-19(13)16(22)18-11-4-6-12(23-2)7-5-11/h4-7,13H,3,8-10H2,1-2H3,(H,17,21)(H,18,22)/t13-/m0/s1. The number of carbonyl (C=O) groups excluding carboxylic acids is 3. The molecule has 0 aromatic heterocycles. The van der Waals surface area contributed by atoms with Crippen LogP contribution >= 0.6 is 0 Å². The minimum absolute atomic E-state index is 0.171. The van der Waals surface area contributed by atoms with Gasteiger partial charge < -0.3 is 25.0 Å². The Hall–Kier alpha value is -2.77. The maximum absolute atomic E-state index is 12.5. The van der Waals surface area contributed by atoms with Crippen LogP contribution in [0.2, 0.25) is 0 Å². The number of amides is 3. The summed E-state index contributed by atoms with van der Waals surface area (Å²) in [7, 11) is 1.56. The lowest BCUT2D eigenvalue weighted by molar-refractivity contribution is -0.147. The molecule has 1 aromatic rings. The number of hydrogen-bond donors (Lipinski definition) is 2. The number of rotatable bonds is 5. The summed E-state index contributed by atoms with van der Waals surface area (Å²) >= 11 is 0. The Morgan fingerprint density at radius 1 is 1.33 bits per heavy atom. The molecule has 8 heteroatoms. The number of nitrogens with zero attached hydrogens (tertiary/aromatic N) is 1. The maximum atomic E-state index is 12.5. The molecule has 0 bridgehead atoms. The van der Waals surface area contributed by atoms with Crippen LogP contribution in [0.25, 0.3) is 0 Å². The lowest BCUT2D eigenvalue weighted by Crippen LogP contribution is -2.58. The van der Waals surface area contributed by atoms with Crippen molar-refractivity contribution in [3.05, 3.63) is 24.3 Å². The molecule has 1 fully saturated rings. The van der Waals surface area contributed by atoms with Gasteiger partial charge in [-0.3, -0.25) is 9.59 Å². The summed E-state index contributed by atoms with van der Waals surface area (Å²) in [5, 5.41) is 5.38. The van der Waals surface area contributed by atoms with Gasteiger partial charge in [0.2, 0.25) is 5.91 Å². The minimum Gasteiger partial charge on any atom is -0.497 e. The second-order valence-corrected chi connectivity index (χ2v) is 5.17. The molecule has 1 aliphatic rings. The van der Waals surface area contributed by atoms with Gasteiger partial charge in [-0.05, 0) is 31.2 Å². The van der Waals surface area contributed by atoms with Gasteiger partial charge >= 0.3 is 12.0 Å². The fourth-order valence-corrected chi connectivity index (χ4v) is 2.41. The molecule has 3 amide bonds. The normalized spacial score (nSPS) is 17.0. The molecule has 24 heavy (non-hydrogen) atoms. The Morgan fingerprint density at radius 2 is 2.04 bits per heavy atom. The number of nitrogens with one attached hydrogen (secondary N) is 2. The van der Waals surface area contributed by atoms with Crippen LogP contribution in [0.15, 0.2) is 24.3 Å². The topological polar surface area (TPSA) is 97.0 Å². The average Bonchev–Trinajstić information content (AvgIpc) is 2.57. The Bertz CT molecular complexity index is 602. The van der Waals surface area contributed by atoms with Crippen molar-refractivity contribution in [2.75, 3.05) is 32.1 Å². The summed E-state index contributed by atoms with van der Waals surface area (Å²) in [6.07, 6.45) is -0.171. The zero-order valence-electron chi connectivity index (χ0n) is 13.7. The summed E-state index contributed by atoms with van der Waals surface area (Å²) in [4.78, 5) is 37.5. The molecule has 130 valence electrons. The number of methoxy groups -OCH3 is 1. The van der Waals surface area contributed by atoms with Crippen molar-refractivity contribution < 1.29 is 23.9 Å². The first kappa shape index (κ1) is 17.6. The van der Waals surface area contributed by atoms with Crippen molar-refractivity contribution in [1.29, 1.82) is 0 Å². The van der Waals surface area contributed by atoms with Crippen LogP contribution in [0.3, 0.4) is 0 Å². The Balaban J connectivity index is 2.05. The van der Waals surface area contributed by atoms with Crippen LogP contribution in [-0.2, 0) is 14.3 Å². The van der Waals surface area contributed by atoms with E-state index in [-0.39, 0.29) is 18.9 Å². The quantitative estimate of drug-likeness (QED) is 0.782. The molecule has 1 aromatic carbocycles. The van der Waals surface area contributed by atoms with Gasteiger partial charge in [0.15, 0.2) is 0 Å². The average molecular weight is 335 g/mol. The predicted molar refractivity (Wildman–Crippen MR) is 86.8 cm³/mol. The van der Waals surface area contributed by atoms with Crippen molar-refractivity contribution in [3.63, 3.8) is 0 Å². The molecule has 0 radical (unpaired) electrons. The molecule has 0 saturated carbocycles. The van der Waals surface area contributed by atoms with Gasteiger partial charge in [-0.25, -0.2) is 4.79 Å². The predicted octanol–water partition coefficient (Wildman–Crippen LogP) is 0.981. The molecule has 2 rings (SSSR count). The number of anilines is 1. The van der Waals surface area contributed by atoms with Crippen molar-refractivity contribution in [1.82, 2.24) is 10.2 Å². The molecule has 1 heterocycles. The number of carbonyl (C=O) groups is 3. The Kier molecular flexibility index (Phi) is 6.00. The zero-order valence-corrected chi connectivity index (χ0v) is 13.7. The van der Waals surface area contributed by atoms with E-state index in [1.807, 2.05) is 0 Å². The number of piperazine rings is 1. The van der Waals surface area contributed by atoms with Crippen LogP contribution in [0.5, 0.6) is 5.75 Å². The third-order valence-corrected chi connectivity index (χ3v) is 3.60. The smallest absolute Gasteiger partial charge is 0.322 e. The van der Waals surface area contributed by atoms with E-state index in [0.29, 0.717) is 24.5 Å². The summed E-state index contributed by atoms with van der Waals surface area (Å²) in [5.74, 6) is -0.202. The van der Waals surface area contributed by atoms with Crippen LogP contribution in [0.1, 0.15) is 13.3 Å². The highest BCUT2D eigenvalue weighted by atomic mass is 16.5. The Morgan fingerprint density at radius 3 is 2.67 bits per heavy atom. The van der Waals surface area contributed by atoms with E-state index in [2.05, 4.69) is 10.6 Å². The maximum Gasteiger partial charge on any atom is 0.322 e. The number of benzene rings is 1. The van der Waals surface area contributed by atoms with E-state index in [1.54, 1.807) is 38.3 Å². The molecule has 1 saturated heterocycles. The summed E-state index contributed by atoms with van der Waals surface area (Å²) < 4.78 is 9.93. The SMILES string of the molecule is CCOC(=O)C[C@H]1C(=O)NCCN1C(=O)Nc1ccc(OC)cc1. The second-order valence-electron chi connectivity index (χ2n) is 5.17. The van der Waals surface area contributed by atoms with Gasteiger partial charge in [-0.15, -0.1) is 0 Å². The van der Waals surface area contributed by atoms with E-state index in [9.17, 15) is 14.4 Å². The first-order valence-corrected chi connectivity index (χ1v) is 7.70. The van der Waals surface area contributed by atoms with Crippen LogP contribution in [0, 0.1) is 0 Å². The molecule has 0 aliphatic carbocycles. The molecule has 0 spiro atoms. The summed E-state index contributed by atoms with van der Waals surface area (Å²) in [6.45, 7) is 2.57.